The SMILES string of the molecule is O=c1[nH]c2ccc(Br)cc2c(O)c1Br. The molecule has 0 atom stereocenters. The highest BCUT2D eigenvalue weighted by molar-refractivity contribution is 9.10. The first-order valence-corrected chi connectivity index (χ1v) is 5.38. The van der Waals surface area contributed by atoms with Crippen molar-refractivity contribution in [2.75, 3.05) is 0 Å². The van der Waals surface area contributed by atoms with E-state index in [0.717, 1.165) is 4.47 Å². The quantitative estimate of drug-likeness (QED) is 0.784. The summed E-state index contributed by atoms with van der Waals surface area (Å²) >= 11 is 6.31. The Balaban J connectivity index is 2.99. The van der Waals surface area contributed by atoms with E-state index in [1.54, 1.807) is 18.2 Å². The van der Waals surface area contributed by atoms with Gasteiger partial charge in [-0.1, -0.05) is 15.9 Å². The minimum Gasteiger partial charge on any atom is -0.506 e. The molecular weight excluding hydrogens is 314 g/mol. The summed E-state index contributed by atoms with van der Waals surface area (Å²) in [6, 6.07) is 5.27. The molecule has 0 radical (unpaired) electrons. The van der Waals surface area contributed by atoms with E-state index in [0.29, 0.717) is 10.9 Å². The van der Waals surface area contributed by atoms with Gasteiger partial charge in [-0.2, -0.15) is 0 Å². The summed E-state index contributed by atoms with van der Waals surface area (Å²) in [7, 11) is 0. The predicted molar refractivity (Wildman–Crippen MR) is 61.6 cm³/mol. The van der Waals surface area contributed by atoms with Crippen LogP contribution in [0, 0.1) is 0 Å². The van der Waals surface area contributed by atoms with Crippen LogP contribution in [-0.4, -0.2) is 10.1 Å². The van der Waals surface area contributed by atoms with E-state index < -0.39 is 0 Å². The van der Waals surface area contributed by atoms with Crippen molar-refractivity contribution in [3.05, 3.63) is 37.5 Å². The van der Waals surface area contributed by atoms with Crippen LogP contribution in [0.1, 0.15) is 0 Å². The van der Waals surface area contributed by atoms with Gasteiger partial charge in [-0.25, -0.2) is 0 Å². The fourth-order valence-corrected chi connectivity index (χ4v) is 1.90. The number of hydrogen-bond donors (Lipinski definition) is 2. The number of aromatic hydroxyl groups is 1. The lowest BCUT2D eigenvalue weighted by atomic mass is 10.2. The van der Waals surface area contributed by atoms with Crippen molar-refractivity contribution in [3.8, 4) is 5.75 Å². The van der Waals surface area contributed by atoms with Gasteiger partial charge in [0, 0.05) is 9.86 Å². The van der Waals surface area contributed by atoms with Gasteiger partial charge in [0.05, 0.1) is 5.52 Å². The van der Waals surface area contributed by atoms with E-state index in [1.165, 1.54) is 0 Å². The van der Waals surface area contributed by atoms with Crippen LogP contribution in [-0.2, 0) is 0 Å². The average Bonchev–Trinajstić information content (AvgIpc) is 2.16. The van der Waals surface area contributed by atoms with E-state index in [4.69, 9.17) is 0 Å². The van der Waals surface area contributed by atoms with Crippen LogP contribution in [0.3, 0.4) is 0 Å². The number of fused-ring (bicyclic) bond motifs is 1. The molecule has 0 aliphatic rings. The monoisotopic (exact) mass is 317 g/mol. The number of hydrogen-bond acceptors (Lipinski definition) is 2. The van der Waals surface area contributed by atoms with E-state index in [1.807, 2.05) is 0 Å². The molecule has 2 N–H and O–H groups in total. The molecule has 1 aromatic heterocycles. The van der Waals surface area contributed by atoms with Gasteiger partial charge in [0.2, 0.25) is 0 Å². The molecule has 3 nitrogen and oxygen atoms in total. The van der Waals surface area contributed by atoms with Crippen molar-refractivity contribution in [2.45, 2.75) is 0 Å². The van der Waals surface area contributed by atoms with Crippen LogP contribution >= 0.6 is 31.9 Å². The maximum Gasteiger partial charge on any atom is 0.266 e. The van der Waals surface area contributed by atoms with Gasteiger partial charge in [0.15, 0.2) is 0 Å². The standard InChI is InChI=1S/C9H5Br2NO2/c10-4-1-2-6-5(3-4)8(13)7(11)9(14)12-6/h1-3H,(H2,12,13,14). The maximum absolute atomic E-state index is 11.3. The summed E-state index contributed by atoms with van der Waals surface area (Å²) in [5.74, 6) is -0.0370. The average molecular weight is 319 g/mol. The molecule has 0 aliphatic heterocycles. The molecule has 1 aromatic carbocycles. The Hall–Kier alpha value is -0.810. The molecule has 14 heavy (non-hydrogen) atoms. The zero-order chi connectivity index (χ0) is 10.3. The second kappa shape index (κ2) is 3.40. The summed E-state index contributed by atoms with van der Waals surface area (Å²) in [6.07, 6.45) is 0. The van der Waals surface area contributed by atoms with Crippen LogP contribution < -0.4 is 5.56 Å². The van der Waals surface area contributed by atoms with Gasteiger partial charge in [-0.3, -0.25) is 4.79 Å². The molecule has 72 valence electrons. The minimum absolute atomic E-state index is 0.0370. The largest absolute Gasteiger partial charge is 0.506 e. The lowest BCUT2D eigenvalue weighted by Gasteiger charge is -2.02. The Morgan fingerprint density at radius 1 is 1.29 bits per heavy atom. The number of H-pyrrole nitrogens is 1. The molecule has 0 saturated heterocycles. The molecule has 1 heterocycles. The van der Waals surface area contributed by atoms with E-state index in [2.05, 4.69) is 36.8 Å². The van der Waals surface area contributed by atoms with Crippen molar-refractivity contribution in [1.82, 2.24) is 4.98 Å². The number of pyridine rings is 1. The fourth-order valence-electron chi connectivity index (χ4n) is 1.22. The number of aromatic nitrogens is 1. The van der Waals surface area contributed by atoms with Gasteiger partial charge in [-0.15, -0.1) is 0 Å². The Morgan fingerprint density at radius 2 is 2.00 bits per heavy atom. The number of aromatic amines is 1. The molecule has 0 aliphatic carbocycles. The van der Waals surface area contributed by atoms with E-state index >= 15 is 0 Å². The van der Waals surface area contributed by atoms with Crippen molar-refractivity contribution in [1.29, 1.82) is 0 Å². The second-order valence-electron chi connectivity index (χ2n) is 2.81. The number of nitrogens with one attached hydrogen (secondary N) is 1. The Morgan fingerprint density at radius 3 is 2.71 bits per heavy atom. The van der Waals surface area contributed by atoms with Gasteiger partial charge in [0.25, 0.3) is 5.56 Å². The Labute approximate surface area is 96.0 Å². The number of benzene rings is 1. The molecule has 2 aromatic rings. The number of rotatable bonds is 0. The summed E-state index contributed by atoms with van der Waals surface area (Å²) in [4.78, 5) is 13.9. The third-order valence-corrected chi connectivity index (χ3v) is 3.12. The molecule has 0 unspecified atom stereocenters. The smallest absolute Gasteiger partial charge is 0.266 e. The highest BCUT2D eigenvalue weighted by atomic mass is 79.9. The molecule has 0 bridgehead atoms. The highest BCUT2D eigenvalue weighted by Gasteiger charge is 2.08. The van der Waals surface area contributed by atoms with Crippen LogP contribution in [0.25, 0.3) is 10.9 Å². The Bertz CT molecular complexity index is 562. The first kappa shape index (κ1) is 9.73. The summed E-state index contributed by atoms with van der Waals surface area (Å²) in [5.41, 5.74) is 0.274. The molecule has 0 saturated carbocycles. The van der Waals surface area contributed by atoms with Crippen LogP contribution in [0.2, 0.25) is 0 Å². The van der Waals surface area contributed by atoms with Gasteiger partial charge in [0.1, 0.15) is 10.2 Å². The molecule has 5 heteroatoms. The minimum atomic E-state index is -0.336. The van der Waals surface area contributed by atoms with E-state index in [9.17, 15) is 9.90 Å². The first-order chi connectivity index (χ1) is 6.59. The molecule has 0 spiro atoms. The Kier molecular flexibility index (Phi) is 2.36. The summed E-state index contributed by atoms with van der Waals surface area (Å²) < 4.78 is 1.00. The molecular formula is C9H5Br2NO2. The van der Waals surface area contributed by atoms with Gasteiger partial charge in [-0.05, 0) is 34.1 Å². The molecule has 2 rings (SSSR count). The number of halogens is 2. The third-order valence-electron chi connectivity index (χ3n) is 1.89. The molecule has 0 amide bonds. The van der Waals surface area contributed by atoms with E-state index in [-0.39, 0.29) is 15.8 Å². The lowest BCUT2D eigenvalue weighted by molar-refractivity contribution is 0.477. The zero-order valence-electron chi connectivity index (χ0n) is 6.84. The van der Waals surface area contributed by atoms with Crippen LogP contribution in [0.5, 0.6) is 5.75 Å². The zero-order valence-corrected chi connectivity index (χ0v) is 10.0. The summed E-state index contributed by atoms with van der Waals surface area (Å²) in [5, 5.41) is 10.3. The van der Waals surface area contributed by atoms with Crippen molar-refractivity contribution in [3.63, 3.8) is 0 Å². The van der Waals surface area contributed by atoms with Crippen molar-refractivity contribution < 1.29 is 5.11 Å². The second-order valence-corrected chi connectivity index (χ2v) is 4.52. The maximum atomic E-state index is 11.3. The normalized spacial score (nSPS) is 10.7. The molecule has 0 fully saturated rings. The van der Waals surface area contributed by atoms with Crippen LogP contribution in [0.4, 0.5) is 0 Å². The fraction of sp³-hybridized carbons (Fsp3) is 0. The van der Waals surface area contributed by atoms with Crippen molar-refractivity contribution >= 4 is 42.8 Å². The summed E-state index contributed by atoms with van der Waals surface area (Å²) in [6.45, 7) is 0. The van der Waals surface area contributed by atoms with Gasteiger partial charge >= 0.3 is 0 Å². The van der Waals surface area contributed by atoms with Crippen molar-refractivity contribution in [2.24, 2.45) is 0 Å². The predicted octanol–water partition coefficient (Wildman–Crippen LogP) is 2.76. The highest BCUT2D eigenvalue weighted by Crippen LogP contribution is 2.29. The topological polar surface area (TPSA) is 53.1 Å². The lowest BCUT2D eigenvalue weighted by Crippen LogP contribution is -2.06. The van der Waals surface area contributed by atoms with Crippen LogP contribution in [0.15, 0.2) is 31.9 Å². The van der Waals surface area contributed by atoms with Gasteiger partial charge < -0.3 is 10.1 Å². The first-order valence-electron chi connectivity index (χ1n) is 3.79. The third kappa shape index (κ3) is 1.46.